The zero-order valence-corrected chi connectivity index (χ0v) is 9.52. The predicted molar refractivity (Wildman–Crippen MR) is 58.0 cm³/mol. The molecule has 2 rings (SSSR count). The van der Waals surface area contributed by atoms with E-state index in [0.29, 0.717) is 0 Å². The van der Waals surface area contributed by atoms with Gasteiger partial charge in [0.05, 0.1) is 10.5 Å². The predicted octanol–water partition coefficient (Wildman–Crippen LogP) is 2.45. The van der Waals surface area contributed by atoms with Gasteiger partial charge in [0.15, 0.2) is 9.84 Å². The first-order chi connectivity index (χ1) is 6.64. The molecule has 0 spiro atoms. The van der Waals surface area contributed by atoms with Gasteiger partial charge >= 0.3 is 0 Å². The number of fused-ring (bicyclic) bond motifs is 2. The Hall–Kier alpha value is -0.310. The van der Waals surface area contributed by atoms with Crippen molar-refractivity contribution < 1.29 is 8.42 Å². The zero-order valence-electron chi connectivity index (χ0n) is 8.70. The van der Waals surface area contributed by atoms with Crippen molar-refractivity contribution in [1.29, 1.82) is 0 Å². The zero-order chi connectivity index (χ0) is 10.2. The normalized spacial score (nSPS) is 35.4. The molecule has 80 valence electrons. The quantitative estimate of drug-likeness (QED) is 0.628. The molecule has 0 aromatic heterocycles. The van der Waals surface area contributed by atoms with Crippen LogP contribution in [-0.2, 0) is 9.84 Å². The van der Waals surface area contributed by atoms with Gasteiger partial charge in [-0.3, -0.25) is 0 Å². The molecule has 0 aromatic carbocycles. The molecular formula is C11H18O2S. The van der Waals surface area contributed by atoms with Crippen LogP contribution in [0.3, 0.4) is 0 Å². The molecule has 0 saturated carbocycles. The van der Waals surface area contributed by atoms with Gasteiger partial charge in [-0.25, -0.2) is 8.42 Å². The Labute approximate surface area is 86.3 Å². The SMILES string of the molecule is CCC=C1CC2CCCC(C1)S2(=O)=O. The van der Waals surface area contributed by atoms with E-state index in [-0.39, 0.29) is 10.5 Å². The van der Waals surface area contributed by atoms with Crippen LogP contribution in [0.2, 0.25) is 0 Å². The molecular weight excluding hydrogens is 196 g/mol. The van der Waals surface area contributed by atoms with Crippen molar-refractivity contribution in [3.8, 4) is 0 Å². The van der Waals surface area contributed by atoms with Crippen molar-refractivity contribution in [2.24, 2.45) is 0 Å². The van der Waals surface area contributed by atoms with Crippen LogP contribution < -0.4 is 0 Å². The molecule has 0 radical (unpaired) electrons. The van der Waals surface area contributed by atoms with Crippen LogP contribution in [0, 0.1) is 0 Å². The Balaban J connectivity index is 2.25. The van der Waals surface area contributed by atoms with Crippen LogP contribution in [-0.4, -0.2) is 18.9 Å². The number of sulfone groups is 1. The second kappa shape index (κ2) is 3.69. The van der Waals surface area contributed by atoms with E-state index in [1.165, 1.54) is 5.57 Å². The van der Waals surface area contributed by atoms with Crippen molar-refractivity contribution in [3.05, 3.63) is 11.6 Å². The number of hydrogen-bond acceptors (Lipinski definition) is 2. The molecule has 2 atom stereocenters. The molecule has 2 bridgehead atoms. The molecule has 14 heavy (non-hydrogen) atoms. The van der Waals surface area contributed by atoms with Crippen LogP contribution in [0.5, 0.6) is 0 Å². The molecule has 2 saturated heterocycles. The summed E-state index contributed by atoms with van der Waals surface area (Å²) in [4.78, 5) is 0. The Bertz CT molecular complexity index is 318. The molecule has 2 fully saturated rings. The topological polar surface area (TPSA) is 34.1 Å². The number of hydrogen-bond donors (Lipinski definition) is 0. The lowest BCUT2D eigenvalue weighted by Crippen LogP contribution is -2.40. The summed E-state index contributed by atoms with van der Waals surface area (Å²) in [5.41, 5.74) is 1.39. The standard InChI is InChI=1S/C11H18O2S/c1-2-4-9-7-10-5-3-6-11(8-9)14(10,12)13/h4,10-11H,2-3,5-8H2,1H3. The van der Waals surface area contributed by atoms with E-state index in [2.05, 4.69) is 13.0 Å². The smallest absolute Gasteiger partial charge is 0.156 e. The van der Waals surface area contributed by atoms with Gasteiger partial charge < -0.3 is 0 Å². The van der Waals surface area contributed by atoms with Crippen LogP contribution in [0.1, 0.15) is 45.4 Å². The third-order valence-corrected chi connectivity index (χ3v) is 6.12. The summed E-state index contributed by atoms with van der Waals surface area (Å²) >= 11 is 0. The van der Waals surface area contributed by atoms with E-state index >= 15 is 0 Å². The van der Waals surface area contributed by atoms with Gasteiger partial charge in [0.25, 0.3) is 0 Å². The third-order valence-electron chi connectivity index (χ3n) is 3.45. The average Bonchev–Trinajstić information content (AvgIpc) is 2.06. The maximum absolute atomic E-state index is 11.9. The highest BCUT2D eigenvalue weighted by Gasteiger charge is 2.41. The fraction of sp³-hybridized carbons (Fsp3) is 0.818. The Morgan fingerprint density at radius 3 is 2.36 bits per heavy atom. The van der Waals surface area contributed by atoms with Crippen molar-refractivity contribution >= 4 is 9.84 Å². The van der Waals surface area contributed by atoms with E-state index in [1.807, 2.05) is 0 Å². The largest absolute Gasteiger partial charge is 0.228 e. The summed E-state index contributed by atoms with van der Waals surface area (Å²) in [7, 11) is -2.76. The summed E-state index contributed by atoms with van der Waals surface area (Å²) in [5.74, 6) is 0. The van der Waals surface area contributed by atoms with Gasteiger partial charge in [-0.05, 0) is 32.1 Å². The lowest BCUT2D eigenvalue weighted by atomic mass is 9.94. The number of allylic oxidation sites excluding steroid dienone is 2. The van der Waals surface area contributed by atoms with E-state index in [9.17, 15) is 8.42 Å². The Morgan fingerprint density at radius 2 is 1.86 bits per heavy atom. The van der Waals surface area contributed by atoms with Gasteiger partial charge in [0.1, 0.15) is 0 Å². The summed E-state index contributed by atoms with van der Waals surface area (Å²) in [6.45, 7) is 2.12. The second-order valence-corrected chi connectivity index (χ2v) is 6.95. The summed E-state index contributed by atoms with van der Waals surface area (Å²) in [6, 6.07) is 0. The van der Waals surface area contributed by atoms with Crippen LogP contribution in [0.15, 0.2) is 11.6 Å². The first kappa shape index (κ1) is 10.2. The van der Waals surface area contributed by atoms with Crippen LogP contribution in [0.25, 0.3) is 0 Å². The molecule has 0 N–H and O–H groups in total. The summed E-state index contributed by atoms with van der Waals surface area (Å²) in [5, 5.41) is -0.0967. The minimum absolute atomic E-state index is 0.0483. The average molecular weight is 214 g/mol. The monoisotopic (exact) mass is 214 g/mol. The van der Waals surface area contributed by atoms with E-state index in [0.717, 1.165) is 38.5 Å². The third kappa shape index (κ3) is 1.62. The van der Waals surface area contributed by atoms with E-state index in [4.69, 9.17) is 0 Å². The van der Waals surface area contributed by atoms with Crippen molar-refractivity contribution in [2.45, 2.75) is 55.9 Å². The van der Waals surface area contributed by atoms with Crippen molar-refractivity contribution in [3.63, 3.8) is 0 Å². The minimum Gasteiger partial charge on any atom is -0.228 e. The lowest BCUT2D eigenvalue weighted by Gasteiger charge is -2.35. The molecule has 2 nitrogen and oxygen atoms in total. The Morgan fingerprint density at radius 1 is 1.29 bits per heavy atom. The maximum atomic E-state index is 11.9. The van der Waals surface area contributed by atoms with Gasteiger partial charge in [0, 0.05) is 0 Å². The first-order valence-electron chi connectivity index (χ1n) is 5.55. The van der Waals surface area contributed by atoms with Gasteiger partial charge in [-0.2, -0.15) is 0 Å². The molecule has 3 heteroatoms. The summed E-state index contributed by atoms with van der Waals surface area (Å²) < 4.78 is 23.8. The molecule has 0 aliphatic carbocycles. The Kier molecular flexibility index (Phi) is 2.69. The highest BCUT2D eigenvalue weighted by atomic mass is 32.2. The minimum atomic E-state index is -2.76. The fourth-order valence-electron chi connectivity index (χ4n) is 2.73. The highest BCUT2D eigenvalue weighted by Crippen LogP contribution is 2.38. The highest BCUT2D eigenvalue weighted by molar-refractivity contribution is 7.92. The van der Waals surface area contributed by atoms with Crippen LogP contribution in [0.4, 0.5) is 0 Å². The maximum Gasteiger partial charge on any atom is 0.156 e. The van der Waals surface area contributed by atoms with Crippen molar-refractivity contribution in [2.75, 3.05) is 0 Å². The lowest BCUT2D eigenvalue weighted by molar-refractivity contribution is 0.472. The first-order valence-corrected chi connectivity index (χ1v) is 7.16. The second-order valence-electron chi connectivity index (χ2n) is 4.44. The van der Waals surface area contributed by atoms with E-state index < -0.39 is 9.84 Å². The fourth-order valence-corrected chi connectivity index (χ4v) is 5.16. The van der Waals surface area contributed by atoms with E-state index in [1.54, 1.807) is 0 Å². The molecule has 2 heterocycles. The van der Waals surface area contributed by atoms with Gasteiger partial charge in [-0.15, -0.1) is 0 Å². The van der Waals surface area contributed by atoms with Gasteiger partial charge in [-0.1, -0.05) is 25.0 Å². The summed E-state index contributed by atoms with van der Waals surface area (Å²) in [6.07, 6.45) is 7.77. The molecule has 0 amide bonds. The molecule has 0 aromatic rings. The number of rotatable bonds is 1. The molecule has 2 unspecified atom stereocenters. The van der Waals surface area contributed by atoms with Crippen LogP contribution >= 0.6 is 0 Å². The van der Waals surface area contributed by atoms with Crippen molar-refractivity contribution in [1.82, 2.24) is 0 Å². The molecule has 2 aliphatic heterocycles. The molecule has 2 aliphatic rings. The van der Waals surface area contributed by atoms with Gasteiger partial charge in [0.2, 0.25) is 0 Å².